The van der Waals surface area contributed by atoms with Crippen LogP contribution in [0.2, 0.25) is 0 Å². The molecule has 4 N–H and O–H groups in total. The van der Waals surface area contributed by atoms with Gasteiger partial charge in [0.2, 0.25) is 0 Å². The summed E-state index contributed by atoms with van der Waals surface area (Å²) < 4.78 is 22.0. The standard InChI is InChI=1S/C10H12N5O6P/c11-9-8-10(13-3-12-9)15(4-14-8)7-1-5(16)6(21-7)2-20-22(17,18)19/h3-4,6-7H,1-2H2,(H2,11,12,13)(H2,17,18,19). The highest BCUT2D eigenvalue weighted by molar-refractivity contribution is 7.46. The minimum Gasteiger partial charge on any atom is -0.382 e. The average molecular weight is 329 g/mol. The molecule has 2 aromatic heterocycles. The molecule has 0 amide bonds. The molecule has 2 atom stereocenters. The predicted octanol–water partition coefficient (Wildman–Crippen LogP) is -0.626. The van der Waals surface area contributed by atoms with Crippen LogP contribution in [-0.4, -0.2) is 47.8 Å². The van der Waals surface area contributed by atoms with Gasteiger partial charge in [0.15, 0.2) is 17.2 Å². The van der Waals surface area contributed by atoms with E-state index in [1.165, 1.54) is 17.2 Å². The van der Waals surface area contributed by atoms with E-state index in [-0.39, 0.29) is 18.0 Å². The van der Waals surface area contributed by atoms with Crippen LogP contribution in [0.1, 0.15) is 12.6 Å². The van der Waals surface area contributed by atoms with Crippen molar-refractivity contribution >= 4 is 30.6 Å². The van der Waals surface area contributed by atoms with Crippen molar-refractivity contribution in [1.29, 1.82) is 0 Å². The summed E-state index contributed by atoms with van der Waals surface area (Å²) in [5, 5.41) is 0. The minimum atomic E-state index is -4.66. The second-order valence-electron chi connectivity index (χ2n) is 4.62. The summed E-state index contributed by atoms with van der Waals surface area (Å²) in [5.74, 6) is -0.128. The Bertz CT molecular complexity index is 772. The van der Waals surface area contributed by atoms with Crippen molar-refractivity contribution in [3.05, 3.63) is 12.7 Å². The highest BCUT2D eigenvalue weighted by Gasteiger charge is 2.36. The summed E-state index contributed by atoms with van der Waals surface area (Å²) in [5.41, 5.74) is 6.46. The molecule has 1 aliphatic heterocycles. The van der Waals surface area contributed by atoms with Crippen LogP contribution >= 0.6 is 7.82 Å². The number of Topliss-reactive ketones (excluding diaryl/α,β-unsaturated/α-hetero) is 1. The number of anilines is 1. The molecular formula is C10H12N5O6P. The fourth-order valence-electron chi connectivity index (χ4n) is 2.16. The molecule has 0 saturated carbocycles. The molecule has 0 aromatic carbocycles. The van der Waals surface area contributed by atoms with Gasteiger partial charge in [-0.05, 0) is 0 Å². The molecule has 2 unspecified atom stereocenters. The van der Waals surface area contributed by atoms with Crippen LogP contribution in [0.15, 0.2) is 12.7 Å². The topological polar surface area (TPSA) is 163 Å². The summed E-state index contributed by atoms with van der Waals surface area (Å²) in [4.78, 5) is 41.1. The highest BCUT2D eigenvalue weighted by Crippen LogP contribution is 2.37. The number of nitrogens with zero attached hydrogens (tertiary/aromatic N) is 4. The van der Waals surface area contributed by atoms with Crippen LogP contribution in [0, 0.1) is 0 Å². The Morgan fingerprint density at radius 2 is 2.23 bits per heavy atom. The third kappa shape index (κ3) is 2.85. The second-order valence-corrected chi connectivity index (χ2v) is 5.86. The SMILES string of the molecule is Nc1ncnc2c1ncn2C1CC(=O)C(COP(=O)(O)O)O1. The van der Waals surface area contributed by atoms with E-state index in [0.29, 0.717) is 11.2 Å². The Morgan fingerprint density at radius 1 is 1.45 bits per heavy atom. The van der Waals surface area contributed by atoms with Gasteiger partial charge in [0.05, 0.1) is 19.4 Å². The molecule has 1 saturated heterocycles. The predicted molar refractivity (Wildman–Crippen MR) is 71.3 cm³/mol. The number of aromatic nitrogens is 4. The third-order valence-corrected chi connectivity index (χ3v) is 3.63. The first-order valence-electron chi connectivity index (χ1n) is 6.16. The minimum absolute atomic E-state index is 0.00452. The number of imidazole rings is 1. The Labute approximate surface area is 123 Å². The largest absolute Gasteiger partial charge is 0.469 e. The summed E-state index contributed by atoms with van der Waals surface area (Å²) in [6.07, 6.45) is 0.928. The van der Waals surface area contributed by atoms with Crippen molar-refractivity contribution in [1.82, 2.24) is 19.5 Å². The zero-order chi connectivity index (χ0) is 15.9. The zero-order valence-electron chi connectivity index (χ0n) is 11.1. The Balaban J connectivity index is 1.80. The van der Waals surface area contributed by atoms with Gasteiger partial charge < -0.3 is 20.3 Å². The number of nitrogen functional groups attached to an aromatic ring is 1. The average Bonchev–Trinajstić information content (AvgIpc) is 3.00. The van der Waals surface area contributed by atoms with E-state index in [1.54, 1.807) is 0 Å². The summed E-state index contributed by atoms with van der Waals surface area (Å²) in [6.45, 7) is -0.524. The fourth-order valence-corrected chi connectivity index (χ4v) is 2.49. The number of nitrogens with two attached hydrogens (primary N) is 1. The van der Waals surface area contributed by atoms with Gasteiger partial charge >= 0.3 is 7.82 Å². The lowest BCUT2D eigenvalue weighted by molar-refractivity contribution is -0.124. The molecule has 3 rings (SSSR count). The number of phosphoric acid groups is 1. The van der Waals surface area contributed by atoms with Crippen LogP contribution in [0.4, 0.5) is 5.82 Å². The molecule has 0 bridgehead atoms. The summed E-state index contributed by atoms with van der Waals surface area (Å²) >= 11 is 0. The fraction of sp³-hybridized carbons (Fsp3) is 0.400. The van der Waals surface area contributed by atoms with E-state index in [9.17, 15) is 9.36 Å². The first kappa shape index (κ1) is 15.0. The second kappa shape index (κ2) is 5.38. The van der Waals surface area contributed by atoms with Crippen molar-refractivity contribution < 1.29 is 28.4 Å². The highest BCUT2D eigenvalue weighted by atomic mass is 31.2. The van der Waals surface area contributed by atoms with Crippen molar-refractivity contribution in [3.8, 4) is 0 Å². The van der Waals surface area contributed by atoms with E-state index in [2.05, 4.69) is 19.5 Å². The Hall–Kier alpha value is -1.91. The third-order valence-electron chi connectivity index (χ3n) is 3.15. The van der Waals surface area contributed by atoms with Gasteiger partial charge in [-0.25, -0.2) is 19.5 Å². The number of carbonyl (C=O) groups is 1. The quantitative estimate of drug-likeness (QED) is 0.615. The monoisotopic (exact) mass is 329 g/mol. The number of ether oxygens (including phenoxy) is 1. The van der Waals surface area contributed by atoms with Crippen molar-refractivity contribution in [2.45, 2.75) is 18.8 Å². The molecule has 12 heteroatoms. The van der Waals surface area contributed by atoms with Gasteiger partial charge in [-0.3, -0.25) is 13.9 Å². The summed E-state index contributed by atoms with van der Waals surface area (Å²) in [7, 11) is -4.66. The number of ketones is 1. The molecule has 2 aromatic rings. The van der Waals surface area contributed by atoms with Gasteiger partial charge in [-0.15, -0.1) is 0 Å². The molecule has 22 heavy (non-hydrogen) atoms. The maximum Gasteiger partial charge on any atom is 0.469 e. The van der Waals surface area contributed by atoms with Crippen molar-refractivity contribution in [2.75, 3.05) is 12.3 Å². The van der Waals surface area contributed by atoms with E-state index >= 15 is 0 Å². The number of carbonyl (C=O) groups excluding carboxylic acids is 1. The van der Waals surface area contributed by atoms with Gasteiger partial charge in [0.25, 0.3) is 0 Å². The smallest absolute Gasteiger partial charge is 0.382 e. The van der Waals surface area contributed by atoms with E-state index < -0.39 is 26.8 Å². The Kier molecular flexibility index (Phi) is 3.67. The van der Waals surface area contributed by atoms with Gasteiger partial charge in [-0.2, -0.15) is 0 Å². The lowest BCUT2D eigenvalue weighted by Gasteiger charge is -2.14. The van der Waals surface area contributed by atoms with Gasteiger partial charge in [0, 0.05) is 0 Å². The number of phosphoric ester groups is 1. The van der Waals surface area contributed by atoms with Crippen molar-refractivity contribution in [3.63, 3.8) is 0 Å². The molecule has 0 radical (unpaired) electrons. The zero-order valence-corrected chi connectivity index (χ0v) is 12.0. The molecule has 0 aliphatic carbocycles. The number of rotatable bonds is 4. The molecule has 118 valence electrons. The Morgan fingerprint density at radius 3 is 2.95 bits per heavy atom. The maximum absolute atomic E-state index is 11.9. The lowest BCUT2D eigenvalue weighted by atomic mass is 10.2. The van der Waals surface area contributed by atoms with Crippen LogP contribution < -0.4 is 5.73 Å². The van der Waals surface area contributed by atoms with E-state index in [0.717, 1.165) is 0 Å². The van der Waals surface area contributed by atoms with Gasteiger partial charge in [-0.1, -0.05) is 0 Å². The molecule has 1 fully saturated rings. The van der Waals surface area contributed by atoms with E-state index in [4.69, 9.17) is 20.3 Å². The first-order valence-corrected chi connectivity index (χ1v) is 7.69. The molecular weight excluding hydrogens is 317 g/mol. The first-order chi connectivity index (χ1) is 10.3. The normalized spacial score (nSPS) is 22.5. The van der Waals surface area contributed by atoms with Crippen LogP contribution in [0.3, 0.4) is 0 Å². The lowest BCUT2D eigenvalue weighted by Crippen LogP contribution is -2.21. The van der Waals surface area contributed by atoms with Gasteiger partial charge in [0.1, 0.15) is 24.2 Å². The number of fused-ring (bicyclic) bond motifs is 1. The molecule has 1 aliphatic rings. The molecule has 0 spiro atoms. The van der Waals surface area contributed by atoms with Crippen LogP contribution in [0.25, 0.3) is 11.2 Å². The van der Waals surface area contributed by atoms with Crippen LogP contribution in [0.5, 0.6) is 0 Å². The number of hydrogen-bond donors (Lipinski definition) is 3. The maximum atomic E-state index is 11.9. The molecule has 3 heterocycles. The molecule has 11 nitrogen and oxygen atoms in total. The summed E-state index contributed by atoms with van der Waals surface area (Å²) in [6, 6.07) is 0. The van der Waals surface area contributed by atoms with Crippen LogP contribution in [-0.2, 0) is 18.6 Å². The number of hydrogen-bond acceptors (Lipinski definition) is 8. The van der Waals surface area contributed by atoms with Crippen molar-refractivity contribution in [2.24, 2.45) is 0 Å². The van der Waals surface area contributed by atoms with E-state index in [1.807, 2.05) is 0 Å².